The average Bonchev–Trinajstić information content (AvgIpc) is 2.90. The molecule has 1 aromatic heterocycles. The van der Waals surface area contributed by atoms with Crippen LogP contribution in [0.2, 0.25) is 0 Å². The second-order valence-corrected chi connectivity index (χ2v) is 5.62. The van der Waals surface area contributed by atoms with E-state index in [0.717, 1.165) is 45.3 Å². The maximum absolute atomic E-state index is 11.9. The van der Waals surface area contributed by atoms with E-state index in [-0.39, 0.29) is 5.54 Å². The molecule has 0 aliphatic carbocycles. The highest BCUT2D eigenvalue weighted by molar-refractivity contribution is 5.76. The quantitative estimate of drug-likeness (QED) is 0.841. The van der Waals surface area contributed by atoms with Crippen molar-refractivity contribution in [1.29, 1.82) is 0 Å². The number of aromatic amines is 1. The lowest BCUT2D eigenvalue weighted by atomic mass is 9.80. The van der Waals surface area contributed by atoms with E-state index in [0.29, 0.717) is 12.3 Å². The SMILES string of the molecule is CCCC(=O)N1CCC2(CC1)NCCc1[nH]cnc12. The van der Waals surface area contributed by atoms with E-state index in [9.17, 15) is 4.79 Å². The monoisotopic (exact) mass is 262 g/mol. The van der Waals surface area contributed by atoms with Crippen molar-refractivity contribution in [2.24, 2.45) is 0 Å². The molecule has 1 fully saturated rings. The van der Waals surface area contributed by atoms with E-state index in [4.69, 9.17) is 0 Å². The molecule has 104 valence electrons. The number of nitrogens with zero attached hydrogens (tertiary/aromatic N) is 2. The molecule has 0 saturated carbocycles. The van der Waals surface area contributed by atoms with Crippen LogP contribution in [0.15, 0.2) is 6.33 Å². The molecule has 3 rings (SSSR count). The van der Waals surface area contributed by atoms with Gasteiger partial charge < -0.3 is 15.2 Å². The zero-order chi connectivity index (χ0) is 13.3. The second kappa shape index (κ2) is 4.96. The predicted octanol–water partition coefficient (Wildman–Crippen LogP) is 1.17. The highest BCUT2D eigenvalue weighted by Crippen LogP contribution is 2.35. The van der Waals surface area contributed by atoms with Gasteiger partial charge in [-0.15, -0.1) is 0 Å². The molecule has 0 unspecified atom stereocenters. The first-order valence-electron chi connectivity index (χ1n) is 7.31. The van der Waals surface area contributed by atoms with Gasteiger partial charge >= 0.3 is 0 Å². The van der Waals surface area contributed by atoms with Crippen LogP contribution in [-0.4, -0.2) is 40.4 Å². The van der Waals surface area contributed by atoms with Crippen molar-refractivity contribution in [3.05, 3.63) is 17.7 Å². The molecule has 0 aromatic carbocycles. The zero-order valence-corrected chi connectivity index (χ0v) is 11.5. The van der Waals surface area contributed by atoms with Gasteiger partial charge in [0.25, 0.3) is 0 Å². The summed E-state index contributed by atoms with van der Waals surface area (Å²) in [5, 5.41) is 3.65. The van der Waals surface area contributed by atoms with Crippen molar-refractivity contribution in [2.45, 2.75) is 44.6 Å². The maximum atomic E-state index is 11.9. The highest BCUT2D eigenvalue weighted by atomic mass is 16.2. The van der Waals surface area contributed by atoms with Gasteiger partial charge in [-0.25, -0.2) is 4.98 Å². The van der Waals surface area contributed by atoms with Gasteiger partial charge in [0.2, 0.25) is 5.91 Å². The fourth-order valence-corrected chi connectivity index (χ4v) is 3.36. The Hall–Kier alpha value is -1.36. The molecule has 1 aromatic rings. The predicted molar refractivity (Wildman–Crippen MR) is 72.7 cm³/mol. The summed E-state index contributed by atoms with van der Waals surface area (Å²) >= 11 is 0. The van der Waals surface area contributed by atoms with Gasteiger partial charge in [-0.3, -0.25) is 4.79 Å². The summed E-state index contributed by atoms with van der Waals surface area (Å²) in [6.07, 6.45) is 6.38. The minimum absolute atomic E-state index is 0.00339. The van der Waals surface area contributed by atoms with Crippen LogP contribution in [0.25, 0.3) is 0 Å². The van der Waals surface area contributed by atoms with Crippen LogP contribution in [0.5, 0.6) is 0 Å². The fourth-order valence-electron chi connectivity index (χ4n) is 3.36. The van der Waals surface area contributed by atoms with Crippen LogP contribution < -0.4 is 5.32 Å². The third-order valence-electron chi connectivity index (χ3n) is 4.44. The number of hydrogen-bond acceptors (Lipinski definition) is 3. The Morgan fingerprint density at radius 3 is 3.00 bits per heavy atom. The average molecular weight is 262 g/mol. The first-order chi connectivity index (χ1) is 9.25. The van der Waals surface area contributed by atoms with Gasteiger partial charge in [-0.05, 0) is 19.3 Å². The number of likely N-dealkylation sites (tertiary alicyclic amines) is 1. The van der Waals surface area contributed by atoms with E-state index < -0.39 is 0 Å². The highest BCUT2D eigenvalue weighted by Gasteiger charge is 2.41. The van der Waals surface area contributed by atoms with Gasteiger partial charge in [0, 0.05) is 38.2 Å². The summed E-state index contributed by atoms with van der Waals surface area (Å²) in [4.78, 5) is 21.7. The van der Waals surface area contributed by atoms with Crippen LogP contribution in [0, 0.1) is 0 Å². The minimum atomic E-state index is -0.00339. The van der Waals surface area contributed by atoms with E-state index >= 15 is 0 Å². The molecular formula is C14H22N4O. The molecule has 2 N–H and O–H groups in total. The number of rotatable bonds is 2. The van der Waals surface area contributed by atoms with Crippen molar-refractivity contribution in [1.82, 2.24) is 20.2 Å². The maximum Gasteiger partial charge on any atom is 0.222 e. The van der Waals surface area contributed by atoms with Crippen LogP contribution in [0.1, 0.15) is 44.0 Å². The van der Waals surface area contributed by atoms with Crippen molar-refractivity contribution < 1.29 is 4.79 Å². The molecule has 1 amide bonds. The number of nitrogens with one attached hydrogen (secondary N) is 2. The van der Waals surface area contributed by atoms with E-state index in [2.05, 4.69) is 22.2 Å². The Labute approximate surface area is 113 Å². The topological polar surface area (TPSA) is 61.0 Å². The Morgan fingerprint density at radius 2 is 2.26 bits per heavy atom. The van der Waals surface area contributed by atoms with E-state index in [1.807, 2.05) is 4.90 Å². The molecule has 5 nitrogen and oxygen atoms in total. The summed E-state index contributed by atoms with van der Waals surface area (Å²) < 4.78 is 0. The molecule has 1 saturated heterocycles. The lowest BCUT2D eigenvalue weighted by Crippen LogP contribution is -2.55. The Balaban J connectivity index is 1.72. The van der Waals surface area contributed by atoms with Gasteiger partial charge in [-0.2, -0.15) is 0 Å². The molecule has 0 atom stereocenters. The number of imidazole rings is 1. The molecule has 0 bridgehead atoms. The molecule has 5 heteroatoms. The Kier molecular flexibility index (Phi) is 3.31. The van der Waals surface area contributed by atoms with Crippen LogP contribution in [-0.2, 0) is 16.8 Å². The Morgan fingerprint density at radius 1 is 1.47 bits per heavy atom. The standard InChI is InChI=1S/C14H22N4O/c1-2-3-12(19)18-8-5-14(6-9-18)13-11(4-7-17-14)15-10-16-13/h10,17H,2-9H2,1H3,(H,15,16). The molecule has 2 aliphatic heterocycles. The summed E-state index contributed by atoms with van der Waals surface area (Å²) in [5.74, 6) is 0.301. The van der Waals surface area contributed by atoms with Crippen LogP contribution in [0.3, 0.4) is 0 Å². The van der Waals surface area contributed by atoms with Gasteiger partial charge in [0.15, 0.2) is 0 Å². The van der Waals surface area contributed by atoms with Gasteiger partial charge in [0.1, 0.15) is 0 Å². The molecule has 1 spiro atoms. The van der Waals surface area contributed by atoms with Crippen LogP contribution in [0.4, 0.5) is 0 Å². The number of piperidine rings is 1. The Bertz CT molecular complexity index is 460. The number of fused-ring (bicyclic) bond motifs is 2. The zero-order valence-electron chi connectivity index (χ0n) is 11.5. The number of aromatic nitrogens is 2. The third-order valence-corrected chi connectivity index (χ3v) is 4.44. The van der Waals surface area contributed by atoms with Crippen molar-refractivity contribution in [3.63, 3.8) is 0 Å². The fraction of sp³-hybridized carbons (Fsp3) is 0.714. The van der Waals surface area contributed by atoms with E-state index in [1.54, 1.807) is 6.33 Å². The number of hydrogen-bond donors (Lipinski definition) is 2. The second-order valence-electron chi connectivity index (χ2n) is 5.62. The largest absolute Gasteiger partial charge is 0.348 e. The van der Waals surface area contributed by atoms with Crippen molar-refractivity contribution in [2.75, 3.05) is 19.6 Å². The van der Waals surface area contributed by atoms with Crippen LogP contribution >= 0.6 is 0 Å². The van der Waals surface area contributed by atoms with Crippen molar-refractivity contribution >= 4 is 5.91 Å². The normalized spacial score (nSPS) is 21.4. The number of carbonyl (C=O) groups excluding carboxylic acids is 1. The molecule has 19 heavy (non-hydrogen) atoms. The number of amides is 1. The summed E-state index contributed by atoms with van der Waals surface area (Å²) in [5.41, 5.74) is 2.45. The molecule has 0 radical (unpaired) electrons. The summed E-state index contributed by atoms with van der Waals surface area (Å²) in [7, 11) is 0. The minimum Gasteiger partial charge on any atom is -0.348 e. The lowest BCUT2D eigenvalue weighted by molar-refractivity contribution is -0.133. The number of carbonyl (C=O) groups is 1. The first kappa shape index (κ1) is 12.7. The number of H-pyrrole nitrogens is 1. The summed E-state index contributed by atoms with van der Waals surface area (Å²) in [6.45, 7) is 4.75. The molecular weight excluding hydrogens is 240 g/mol. The molecule has 3 heterocycles. The first-order valence-corrected chi connectivity index (χ1v) is 7.31. The molecule has 2 aliphatic rings. The third kappa shape index (κ3) is 2.16. The van der Waals surface area contributed by atoms with E-state index in [1.165, 1.54) is 11.4 Å². The van der Waals surface area contributed by atoms with Gasteiger partial charge in [0.05, 0.1) is 17.6 Å². The summed E-state index contributed by atoms with van der Waals surface area (Å²) in [6, 6.07) is 0. The smallest absolute Gasteiger partial charge is 0.222 e. The van der Waals surface area contributed by atoms with Gasteiger partial charge in [-0.1, -0.05) is 6.92 Å². The van der Waals surface area contributed by atoms with Crippen molar-refractivity contribution in [3.8, 4) is 0 Å². The lowest BCUT2D eigenvalue weighted by Gasteiger charge is -2.44.